The number of carbonyl (C=O) groups is 1. The molecule has 0 atom stereocenters. The van der Waals surface area contributed by atoms with E-state index in [1.807, 2.05) is 61.5 Å². The number of methoxy groups -OCH3 is 1. The number of hydrogen-bond acceptors (Lipinski definition) is 6. The van der Waals surface area contributed by atoms with Crippen LogP contribution in [-0.4, -0.2) is 37.3 Å². The molecule has 1 heterocycles. The fourth-order valence-corrected chi connectivity index (χ4v) is 5.63. The summed E-state index contributed by atoms with van der Waals surface area (Å²) in [4.78, 5) is 25.2. The lowest BCUT2D eigenvalue weighted by molar-refractivity contribution is -0.130. The maximum absolute atomic E-state index is 12.5. The normalized spacial score (nSPS) is 15.1. The van der Waals surface area contributed by atoms with Gasteiger partial charge in [0.25, 0.3) is 0 Å². The molecule has 0 N–H and O–H groups in total. The SMILES string of the molecule is CCN1OC/C(=C\c2ccc(N(c3ccccc3)c3ccccc3)cc2)OC1=Nc1c(Br)cc(Br)cc1C(=O)OC. The molecule has 208 valence electrons. The second-order valence-corrected chi connectivity index (χ2v) is 10.7. The summed E-state index contributed by atoms with van der Waals surface area (Å²) in [5, 5.41) is 1.55. The van der Waals surface area contributed by atoms with Crippen molar-refractivity contribution in [1.29, 1.82) is 0 Å². The van der Waals surface area contributed by atoms with Crippen molar-refractivity contribution in [1.82, 2.24) is 5.06 Å². The van der Waals surface area contributed by atoms with Gasteiger partial charge in [0.2, 0.25) is 0 Å². The fourth-order valence-electron chi connectivity index (χ4n) is 4.32. The minimum atomic E-state index is -0.512. The maximum atomic E-state index is 12.5. The molecule has 4 aromatic rings. The van der Waals surface area contributed by atoms with E-state index in [0.717, 1.165) is 22.6 Å². The molecule has 0 aliphatic carbocycles. The second-order valence-electron chi connectivity index (χ2n) is 8.95. The van der Waals surface area contributed by atoms with Gasteiger partial charge in [0, 0.05) is 32.6 Å². The molecule has 0 amide bonds. The van der Waals surface area contributed by atoms with E-state index in [-0.39, 0.29) is 18.2 Å². The quantitative estimate of drug-likeness (QED) is 0.182. The minimum absolute atomic E-state index is 0.217. The van der Waals surface area contributed by atoms with E-state index < -0.39 is 5.97 Å². The molecular formula is C32H27Br2N3O4. The first-order valence-corrected chi connectivity index (χ1v) is 14.5. The van der Waals surface area contributed by atoms with E-state index >= 15 is 0 Å². The Hall–Kier alpha value is -3.92. The number of anilines is 3. The van der Waals surface area contributed by atoms with Crippen molar-refractivity contribution in [3.05, 3.63) is 123 Å². The lowest BCUT2D eigenvalue weighted by atomic mass is 10.1. The van der Waals surface area contributed by atoms with Gasteiger partial charge in [-0.15, -0.1) is 0 Å². The van der Waals surface area contributed by atoms with Gasteiger partial charge in [-0.3, -0.25) is 4.84 Å². The van der Waals surface area contributed by atoms with Crippen molar-refractivity contribution in [2.24, 2.45) is 4.99 Å². The summed E-state index contributed by atoms with van der Waals surface area (Å²) in [6.45, 7) is 2.66. The van der Waals surface area contributed by atoms with E-state index in [4.69, 9.17) is 14.3 Å². The molecule has 9 heteroatoms. The Kier molecular flexibility index (Phi) is 9.18. The molecule has 0 bridgehead atoms. The first kappa shape index (κ1) is 28.6. The highest BCUT2D eigenvalue weighted by molar-refractivity contribution is 9.11. The fraction of sp³-hybridized carbons (Fsp3) is 0.125. The van der Waals surface area contributed by atoms with Gasteiger partial charge in [-0.05, 0) is 83.0 Å². The summed E-state index contributed by atoms with van der Waals surface area (Å²) < 4.78 is 12.5. The molecule has 1 aliphatic rings. The molecule has 0 saturated carbocycles. The molecule has 0 unspecified atom stereocenters. The van der Waals surface area contributed by atoms with Crippen LogP contribution in [0.25, 0.3) is 6.08 Å². The third-order valence-electron chi connectivity index (χ3n) is 6.23. The third-order valence-corrected chi connectivity index (χ3v) is 7.30. The van der Waals surface area contributed by atoms with Crippen LogP contribution in [0.1, 0.15) is 22.8 Å². The molecule has 41 heavy (non-hydrogen) atoms. The molecule has 1 saturated heterocycles. The van der Waals surface area contributed by atoms with Crippen LogP contribution in [0.15, 0.2) is 117 Å². The van der Waals surface area contributed by atoms with Gasteiger partial charge in [-0.2, -0.15) is 4.99 Å². The van der Waals surface area contributed by atoms with Gasteiger partial charge in [0.1, 0.15) is 12.4 Å². The molecule has 0 spiro atoms. The van der Waals surface area contributed by atoms with Crippen molar-refractivity contribution in [2.75, 3.05) is 25.2 Å². The van der Waals surface area contributed by atoms with Crippen LogP contribution in [0.5, 0.6) is 0 Å². The van der Waals surface area contributed by atoms with Crippen molar-refractivity contribution in [3.8, 4) is 0 Å². The van der Waals surface area contributed by atoms with Crippen LogP contribution in [0.2, 0.25) is 0 Å². The smallest absolute Gasteiger partial charge is 0.340 e. The number of hydrogen-bond donors (Lipinski definition) is 0. The first-order chi connectivity index (χ1) is 20.0. The number of halogens is 2. The molecule has 1 aliphatic heterocycles. The zero-order chi connectivity index (χ0) is 28.8. The molecule has 0 aromatic heterocycles. The second kappa shape index (κ2) is 13.2. The van der Waals surface area contributed by atoms with Gasteiger partial charge >= 0.3 is 12.0 Å². The third kappa shape index (κ3) is 6.70. The summed E-state index contributed by atoms with van der Waals surface area (Å²) >= 11 is 6.92. The van der Waals surface area contributed by atoms with Gasteiger partial charge < -0.3 is 14.4 Å². The predicted octanol–water partition coefficient (Wildman–Crippen LogP) is 8.78. The highest BCUT2D eigenvalue weighted by atomic mass is 79.9. The van der Waals surface area contributed by atoms with Gasteiger partial charge in [-0.1, -0.05) is 64.5 Å². The number of nitrogens with zero attached hydrogens (tertiary/aromatic N) is 3. The Morgan fingerprint density at radius 3 is 2.15 bits per heavy atom. The molecule has 7 nitrogen and oxygen atoms in total. The topological polar surface area (TPSA) is 63.6 Å². The number of esters is 1. The first-order valence-electron chi connectivity index (χ1n) is 12.9. The molecular weight excluding hydrogens is 650 g/mol. The standard InChI is InChI=1S/C32H27Br2N3O4/c1-3-36-32(35-30-28(31(38)39-2)19-23(33)20-29(30)34)41-27(21-40-36)18-22-14-16-26(17-15-22)37(24-10-6-4-7-11-24)25-12-8-5-9-13-25/h4-20H,3,21H2,1-2H3/b27-18+,35-32?. The van der Waals surface area contributed by atoms with Crippen LogP contribution in [0.3, 0.4) is 0 Å². The van der Waals surface area contributed by atoms with E-state index in [1.165, 1.54) is 7.11 Å². The highest BCUT2D eigenvalue weighted by Gasteiger charge is 2.25. The highest BCUT2D eigenvalue weighted by Crippen LogP contribution is 2.36. The average Bonchev–Trinajstić information content (AvgIpc) is 3.00. The van der Waals surface area contributed by atoms with Crippen LogP contribution in [-0.2, 0) is 14.3 Å². The Morgan fingerprint density at radius 2 is 1.56 bits per heavy atom. The summed E-state index contributed by atoms with van der Waals surface area (Å²) in [5.41, 5.74) is 4.77. The molecule has 1 fully saturated rings. The maximum Gasteiger partial charge on any atom is 0.340 e. The van der Waals surface area contributed by atoms with Crippen LogP contribution < -0.4 is 4.90 Å². The number of para-hydroxylation sites is 2. The van der Waals surface area contributed by atoms with E-state index in [1.54, 1.807) is 17.2 Å². The largest absolute Gasteiger partial charge is 0.465 e. The van der Waals surface area contributed by atoms with Crippen LogP contribution >= 0.6 is 31.9 Å². The number of aliphatic imine (C=N–C) groups is 1. The Balaban J connectivity index is 1.44. The van der Waals surface area contributed by atoms with Gasteiger partial charge in [-0.25, -0.2) is 9.86 Å². The molecule has 5 rings (SSSR count). The van der Waals surface area contributed by atoms with Crippen molar-refractivity contribution in [2.45, 2.75) is 6.92 Å². The predicted molar refractivity (Wildman–Crippen MR) is 169 cm³/mol. The number of rotatable bonds is 7. The van der Waals surface area contributed by atoms with Crippen molar-refractivity contribution in [3.63, 3.8) is 0 Å². The zero-order valence-electron chi connectivity index (χ0n) is 22.5. The number of ether oxygens (including phenoxy) is 2. The average molecular weight is 677 g/mol. The zero-order valence-corrected chi connectivity index (χ0v) is 25.6. The lowest BCUT2D eigenvalue weighted by Gasteiger charge is -2.29. The number of hydroxylamine groups is 2. The summed E-state index contributed by atoms with van der Waals surface area (Å²) in [7, 11) is 1.33. The summed E-state index contributed by atoms with van der Waals surface area (Å²) in [5.74, 6) is 0.0686. The van der Waals surface area contributed by atoms with E-state index in [9.17, 15) is 4.79 Å². The number of amidine groups is 1. The van der Waals surface area contributed by atoms with Crippen molar-refractivity contribution < 1.29 is 19.1 Å². The number of carbonyl (C=O) groups excluding carboxylic acids is 1. The molecule has 0 radical (unpaired) electrons. The van der Waals surface area contributed by atoms with Crippen LogP contribution in [0, 0.1) is 0 Å². The van der Waals surface area contributed by atoms with Gasteiger partial charge in [0.05, 0.1) is 18.4 Å². The van der Waals surface area contributed by atoms with Crippen molar-refractivity contribution >= 4 is 72.7 Å². The Labute approximate surface area is 255 Å². The van der Waals surface area contributed by atoms with Crippen LogP contribution in [0.4, 0.5) is 22.7 Å². The Morgan fingerprint density at radius 1 is 0.951 bits per heavy atom. The lowest BCUT2D eigenvalue weighted by Crippen LogP contribution is -2.38. The van der Waals surface area contributed by atoms with E-state index in [0.29, 0.717) is 26.9 Å². The number of benzene rings is 4. The Bertz CT molecular complexity index is 1540. The monoisotopic (exact) mass is 675 g/mol. The van der Waals surface area contributed by atoms with E-state index in [2.05, 4.69) is 78.2 Å². The summed E-state index contributed by atoms with van der Waals surface area (Å²) in [6.07, 6.45) is 1.92. The van der Waals surface area contributed by atoms with Gasteiger partial charge in [0.15, 0.2) is 0 Å². The minimum Gasteiger partial charge on any atom is -0.465 e. The summed E-state index contributed by atoms with van der Waals surface area (Å²) in [6, 6.07) is 32.4. The molecule has 4 aromatic carbocycles.